The van der Waals surface area contributed by atoms with Crippen LogP contribution in [0.15, 0.2) is 41.5 Å². The number of nitrogens with two attached hydrogens (primary N) is 1. The summed E-state index contributed by atoms with van der Waals surface area (Å²) in [5.41, 5.74) is 8.36. The van der Waals surface area contributed by atoms with Crippen LogP contribution in [-0.4, -0.2) is 10.8 Å². The lowest BCUT2D eigenvalue weighted by molar-refractivity contribution is 0.436. The maximum atomic E-state index is 6.17. The Morgan fingerprint density at radius 2 is 1.95 bits per heavy atom. The molecule has 1 heterocycles. The molecule has 1 aliphatic carbocycles. The van der Waals surface area contributed by atoms with E-state index in [1.54, 1.807) is 0 Å². The highest BCUT2D eigenvalue weighted by molar-refractivity contribution is 5.84. The van der Waals surface area contributed by atoms with Gasteiger partial charge >= 0.3 is 0 Å². The fourth-order valence-corrected chi connectivity index (χ4v) is 3.00. The van der Waals surface area contributed by atoms with E-state index >= 15 is 0 Å². The Morgan fingerprint density at radius 3 is 2.80 bits per heavy atom. The average molecular weight is 267 g/mol. The average Bonchev–Trinajstić information content (AvgIpc) is 2.53. The molecule has 104 valence electrons. The number of hydrogen-bond acceptors (Lipinski definition) is 2. The first-order chi connectivity index (χ1) is 9.84. The van der Waals surface area contributed by atoms with Crippen LogP contribution in [0.3, 0.4) is 0 Å². The zero-order valence-electron chi connectivity index (χ0n) is 11.8. The molecule has 2 N–H and O–H groups in total. The third-order valence-electron chi connectivity index (χ3n) is 4.17. The number of fused-ring (bicyclic) bond motifs is 1. The maximum absolute atomic E-state index is 6.17. The van der Waals surface area contributed by atoms with Crippen LogP contribution < -0.4 is 5.73 Å². The van der Waals surface area contributed by atoms with Crippen LogP contribution in [0.5, 0.6) is 0 Å². The molecule has 0 radical (unpaired) electrons. The summed E-state index contributed by atoms with van der Waals surface area (Å²) in [7, 11) is 0. The van der Waals surface area contributed by atoms with E-state index in [4.69, 9.17) is 5.73 Å². The van der Waals surface area contributed by atoms with Crippen LogP contribution in [0.1, 0.15) is 37.7 Å². The van der Waals surface area contributed by atoms with Crippen molar-refractivity contribution in [3.8, 4) is 0 Å². The second-order valence-electron chi connectivity index (χ2n) is 5.57. The maximum Gasteiger partial charge on any atom is 0.0972 e. The normalized spacial score (nSPS) is 17.5. The fraction of sp³-hybridized carbons (Fsp3) is 0.412. The molecule has 0 spiro atoms. The third kappa shape index (κ3) is 2.82. The Balaban J connectivity index is 1.79. The van der Waals surface area contributed by atoms with Gasteiger partial charge in [-0.3, -0.25) is 9.98 Å². The number of benzene rings is 1. The Hall–Kier alpha value is -1.90. The quantitative estimate of drug-likeness (QED) is 0.681. The van der Waals surface area contributed by atoms with Gasteiger partial charge in [0.2, 0.25) is 0 Å². The molecular weight excluding hydrogens is 246 g/mol. The zero-order valence-corrected chi connectivity index (χ0v) is 11.8. The molecule has 3 rings (SSSR count). The minimum atomic E-state index is 0.492. The van der Waals surface area contributed by atoms with E-state index in [1.807, 2.05) is 12.3 Å². The van der Waals surface area contributed by atoms with E-state index in [2.05, 4.69) is 34.2 Å². The van der Waals surface area contributed by atoms with Gasteiger partial charge in [-0.1, -0.05) is 43.5 Å². The van der Waals surface area contributed by atoms with Crippen molar-refractivity contribution >= 4 is 16.7 Å². The summed E-state index contributed by atoms with van der Waals surface area (Å²) in [6.45, 7) is 0.636. The number of rotatable bonds is 3. The summed E-state index contributed by atoms with van der Waals surface area (Å²) >= 11 is 0. The lowest BCUT2D eigenvalue weighted by Crippen LogP contribution is -2.25. The highest BCUT2D eigenvalue weighted by Gasteiger charge is 2.16. The summed E-state index contributed by atoms with van der Waals surface area (Å²) in [5, 5.41) is 1.16. The van der Waals surface area contributed by atoms with Crippen molar-refractivity contribution < 1.29 is 0 Å². The molecule has 1 aliphatic rings. The number of hydrogen-bond donors (Lipinski definition) is 1. The molecule has 3 heteroatoms. The lowest BCUT2D eigenvalue weighted by atomic mass is 9.88. The Bertz CT molecular complexity index is 607. The number of para-hydroxylation sites is 1. The first-order valence-corrected chi connectivity index (χ1v) is 7.47. The van der Waals surface area contributed by atoms with Gasteiger partial charge in [0.1, 0.15) is 0 Å². The minimum Gasteiger partial charge on any atom is -0.387 e. The largest absolute Gasteiger partial charge is 0.387 e. The molecular formula is C17H21N3. The second-order valence-corrected chi connectivity index (χ2v) is 5.57. The predicted octanol–water partition coefficient (Wildman–Crippen LogP) is 3.67. The molecule has 1 fully saturated rings. The van der Waals surface area contributed by atoms with Gasteiger partial charge in [0.25, 0.3) is 0 Å². The molecule has 1 aromatic carbocycles. The van der Waals surface area contributed by atoms with Crippen LogP contribution in [0.2, 0.25) is 0 Å². The van der Waals surface area contributed by atoms with Crippen molar-refractivity contribution in [2.24, 2.45) is 16.6 Å². The van der Waals surface area contributed by atoms with Crippen molar-refractivity contribution in [2.75, 3.05) is 0 Å². The fourth-order valence-electron chi connectivity index (χ4n) is 3.00. The van der Waals surface area contributed by atoms with E-state index in [0.29, 0.717) is 12.5 Å². The lowest BCUT2D eigenvalue weighted by Gasteiger charge is -2.20. The van der Waals surface area contributed by atoms with Crippen molar-refractivity contribution in [2.45, 2.75) is 38.6 Å². The van der Waals surface area contributed by atoms with Crippen LogP contribution in [0.25, 0.3) is 10.9 Å². The molecule has 1 aromatic heterocycles. The zero-order chi connectivity index (χ0) is 13.8. The van der Waals surface area contributed by atoms with E-state index in [9.17, 15) is 0 Å². The number of amidine groups is 1. The summed E-state index contributed by atoms with van der Waals surface area (Å²) in [6, 6.07) is 10.3. The molecule has 0 bridgehead atoms. The first kappa shape index (κ1) is 13.1. The van der Waals surface area contributed by atoms with Gasteiger partial charge in [-0.15, -0.1) is 0 Å². The van der Waals surface area contributed by atoms with Gasteiger partial charge in [0, 0.05) is 17.5 Å². The topological polar surface area (TPSA) is 51.3 Å². The first-order valence-electron chi connectivity index (χ1n) is 7.47. The molecule has 0 amide bonds. The molecule has 2 aromatic rings. The molecule has 0 saturated heterocycles. The van der Waals surface area contributed by atoms with Gasteiger partial charge < -0.3 is 5.73 Å². The Kier molecular flexibility index (Phi) is 3.95. The van der Waals surface area contributed by atoms with Crippen LogP contribution in [-0.2, 0) is 6.54 Å². The number of aromatic nitrogens is 1. The van der Waals surface area contributed by atoms with Crippen molar-refractivity contribution in [3.05, 3.63) is 42.1 Å². The Morgan fingerprint density at radius 1 is 1.15 bits per heavy atom. The van der Waals surface area contributed by atoms with Gasteiger partial charge in [-0.2, -0.15) is 0 Å². The van der Waals surface area contributed by atoms with Crippen LogP contribution in [0, 0.1) is 5.92 Å². The molecule has 20 heavy (non-hydrogen) atoms. The van der Waals surface area contributed by atoms with Gasteiger partial charge in [0.15, 0.2) is 0 Å². The van der Waals surface area contributed by atoms with Gasteiger partial charge in [0.05, 0.1) is 17.9 Å². The monoisotopic (exact) mass is 267 g/mol. The van der Waals surface area contributed by atoms with Gasteiger partial charge in [-0.05, 0) is 24.5 Å². The second kappa shape index (κ2) is 6.04. The van der Waals surface area contributed by atoms with Crippen molar-refractivity contribution in [1.82, 2.24) is 4.98 Å². The minimum absolute atomic E-state index is 0.492. The predicted molar refractivity (Wildman–Crippen MR) is 83.6 cm³/mol. The number of aliphatic imine (C=N–C) groups is 1. The SMILES string of the molecule is NC(=NCc1cccc2cccnc12)C1CCCCC1. The molecule has 0 unspecified atom stereocenters. The van der Waals surface area contributed by atoms with Crippen molar-refractivity contribution in [1.29, 1.82) is 0 Å². The smallest absolute Gasteiger partial charge is 0.0972 e. The van der Waals surface area contributed by atoms with E-state index in [0.717, 1.165) is 22.3 Å². The van der Waals surface area contributed by atoms with Crippen LogP contribution >= 0.6 is 0 Å². The highest BCUT2D eigenvalue weighted by Crippen LogP contribution is 2.24. The Labute approximate surface area is 119 Å². The number of pyridine rings is 1. The highest BCUT2D eigenvalue weighted by atomic mass is 14.9. The standard InChI is InChI=1S/C17H21N3/c18-17(14-6-2-1-3-7-14)20-12-15-9-4-8-13-10-5-11-19-16(13)15/h4-5,8-11,14H,1-3,6-7,12H2,(H2,18,20). The van der Waals surface area contributed by atoms with Gasteiger partial charge in [-0.25, -0.2) is 0 Å². The van der Waals surface area contributed by atoms with E-state index in [-0.39, 0.29) is 0 Å². The van der Waals surface area contributed by atoms with Crippen molar-refractivity contribution in [3.63, 3.8) is 0 Å². The molecule has 3 nitrogen and oxygen atoms in total. The third-order valence-corrected chi connectivity index (χ3v) is 4.17. The van der Waals surface area contributed by atoms with Crippen LogP contribution in [0.4, 0.5) is 0 Å². The molecule has 1 saturated carbocycles. The van der Waals surface area contributed by atoms with E-state index < -0.39 is 0 Å². The summed E-state index contributed by atoms with van der Waals surface area (Å²) in [6.07, 6.45) is 8.15. The molecule has 0 atom stereocenters. The summed E-state index contributed by atoms with van der Waals surface area (Å²) in [5.74, 6) is 1.32. The van der Waals surface area contributed by atoms with E-state index in [1.165, 1.54) is 32.1 Å². The summed E-state index contributed by atoms with van der Waals surface area (Å²) < 4.78 is 0. The molecule has 0 aliphatic heterocycles. The number of nitrogens with zero attached hydrogens (tertiary/aromatic N) is 2. The summed E-state index contributed by atoms with van der Waals surface area (Å²) in [4.78, 5) is 9.08.